The molecule has 0 radical (unpaired) electrons. The smallest absolute Gasteiger partial charge is 0.411 e. The Bertz CT molecular complexity index is 457. The number of alkyl halides is 5. The normalized spacial score (nSPS) is 11.9. The molecule has 0 saturated heterocycles. The van der Waals surface area contributed by atoms with Gasteiger partial charge in [-0.1, -0.05) is 0 Å². The Morgan fingerprint density at radius 1 is 1.40 bits per heavy atom. The van der Waals surface area contributed by atoms with E-state index in [2.05, 4.69) is 18.9 Å². The summed E-state index contributed by atoms with van der Waals surface area (Å²) in [5.41, 5.74) is -0.992. The van der Waals surface area contributed by atoms with Gasteiger partial charge in [0.15, 0.2) is 5.69 Å². The second-order valence-corrected chi connectivity index (χ2v) is 3.45. The Morgan fingerprint density at radius 2 is 2.05 bits per heavy atom. The predicted molar refractivity (Wildman–Crippen MR) is 53.1 cm³/mol. The standard InChI is InChI=1S/C10H10F5NO4/c1-2-19-9(17)7-6(8(11)12)16-5(20-7)3-18-4-10(13,14)15/h8H,2-4H2,1H3. The highest BCUT2D eigenvalue weighted by atomic mass is 19.4. The number of ether oxygens (including phenoxy) is 2. The molecule has 0 aliphatic rings. The Balaban J connectivity index is 2.79. The molecular formula is C10H10F5NO4. The molecule has 0 spiro atoms. The SMILES string of the molecule is CCOC(=O)c1oc(COCC(F)(F)F)nc1C(F)F. The van der Waals surface area contributed by atoms with E-state index in [0.29, 0.717) is 0 Å². The fraction of sp³-hybridized carbons (Fsp3) is 0.600. The van der Waals surface area contributed by atoms with Crippen LogP contribution < -0.4 is 0 Å². The minimum Gasteiger partial charge on any atom is -0.460 e. The van der Waals surface area contributed by atoms with Crippen molar-refractivity contribution in [2.75, 3.05) is 13.2 Å². The highest BCUT2D eigenvalue weighted by Crippen LogP contribution is 2.24. The summed E-state index contributed by atoms with van der Waals surface area (Å²) in [5, 5.41) is 0. The van der Waals surface area contributed by atoms with Crippen molar-refractivity contribution in [2.45, 2.75) is 26.1 Å². The largest absolute Gasteiger partial charge is 0.460 e. The topological polar surface area (TPSA) is 61.6 Å². The minimum absolute atomic E-state index is 0.0812. The number of oxazole rings is 1. The third-order valence-electron chi connectivity index (χ3n) is 1.86. The van der Waals surface area contributed by atoms with E-state index < -0.39 is 49.1 Å². The van der Waals surface area contributed by atoms with Gasteiger partial charge in [-0.3, -0.25) is 0 Å². The summed E-state index contributed by atoms with van der Waals surface area (Å²) in [7, 11) is 0. The number of rotatable bonds is 6. The molecule has 0 N–H and O–H groups in total. The number of carbonyl (C=O) groups is 1. The first-order valence-electron chi connectivity index (χ1n) is 5.34. The molecule has 0 amide bonds. The van der Waals surface area contributed by atoms with Crippen molar-refractivity contribution in [2.24, 2.45) is 0 Å². The van der Waals surface area contributed by atoms with Crippen molar-refractivity contribution < 1.29 is 40.6 Å². The zero-order valence-electron chi connectivity index (χ0n) is 10.2. The zero-order chi connectivity index (χ0) is 15.3. The van der Waals surface area contributed by atoms with Crippen LogP contribution in [0.4, 0.5) is 22.0 Å². The molecule has 1 aromatic rings. The van der Waals surface area contributed by atoms with Crippen LogP contribution in [0.2, 0.25) is 0 Å². The van der Waals surface area contributed by atoms with Crippen LogP contribution in [0.3, 0.4) is 0 Å². The van der Waals surface area contributed by atoms with Gasteiger partial charge in [-0.05, 0) is 6.92 Å². The Kier molecular flexibility index (Phi) is 5.43. The van der Waals surface area contributed by atoms with Crippen LogP contribution in [0, 0.1) is 0 Å². The van der Waals surface area contributed by atoms with Crippen LogP contribution in [-0.2, 0) is 16.1 Å². The van der Waals surface area contributed by atoms with Gasteiger partial charge in [0.05, 0.1) is 6.61 Å². The third-order valence-corrected chi connectivity index (χ3v) is 1.86. The number of carbonyl (C=O) groups excluding carboxylic acids is 1. The summed E-state index contributed by atoms with van der Waals surface area (Å²) in [5.74, 6) is -2.57. The van der Waals surface area contributed by atoms with Gasteiger partial charge in [0.1, 0.15) is 13.2 Å². The lowest BCUT2D eigenvalue weighted by Crippen LogP contribution is -2.16. The molecule has 0 unspecified atom stereocenters. The first kappa shape index (κ1) is 16.3. The summed E-state index contributed by atoms with van der Waals surface area (Å²) >= 11 is 0. The molecule has 1 aromatic heterocycles. The highest BCUT2D eigenvalue weighted by Gasteiger charge is 2.30. The molecule has 20 heavy (non-hydrogen) atoms. The van der Waals surface area contributed by atoms with Crippen LogP contribution in [0.15, 0.2) is 4.42 Å². The fourth-order valence-corrected chi connectivity index (χ4v) is 1.18. The predicted octanol–water partition coefficient (Wildman–Crippen LogP) is 2.87. The molecule has 0 aromatic carbocycles. The summed E-state index contributed by atoms with van der Waals surface area (Å²) in [6, 6.07) is 0. The van der Waals surface area contributed by atoms with Gasteiger partial charge < -0.3 is 13.9 Å². The van der Waals surface area contributed by atoms with Gasteiger partial charge in [-0.15, -0.1) is 0 Å². The number of halogens is 5. The maximum absolute atomic E-state index is 12.6. The van der Waals surface area contributed by atoms with Crippen molar-refractivity contribution in [3.05, 3.63) is 17.3 Å². The first-order valence-corrected chi connectivity index (χ1v) is 5.34. The number of hydrogen-bond acceptors (Lipinski definition) is 5. The fourth-order valence-electron chi connectivity index (χ4n) is 1.18. The van der Waals surface area contributed by atoms with Gasteiger partial charge in [0.25, 0.3) is 6.43 Å². The van der Waals surface area contributed by atoms with Crippen LogP contribution in [-0.4, -0.2) is 30.3 Å². The van der Waals surface area contributed by atoms with Crippen molar-refractivity contribution in [3.8, 4) is 0 Å². The molecule has 114 valence electrons. The molecule has 0 fully saturated rings. The van der Waals surface area contributed by atoms with Gasteiger partial charge in [0.2, 0.25) is 11.7 Å². The molecule has 0 aliphatic carbocycles. The van der Waals surface area contributed by atoms with E-state index in [1.54, 1.807) is 0 Å². The maximum atomic E-state index is 12.6. The second kappa shape index (κ2) is 6.64. The van der Waals surface area contributed by atoms with Crippen molar-refractivity contribution in [3.63, 3.8) is 0 Å². The zero-order valence-corrected chi connectivity index (χ0v) is 10.2. The average molecular weight is 303 g/mol. The lowest BCUT2D eigenvalue weighted by Gasteiger charge is -2.04. The van der Waals surface area contributed by atoms with E-state index in [1.165, 1.54) is 6.92 Å². The minimum atomic E-state index is -4.57. The van der Waals surface area contributed by atoms with E-state index in [0.717, 1.165) is 0 Å². The van der Waals surface area contributed by atoms with Crippen molar-refractivity contribution >= 4 is 5.97 Å². The van der Waals surface area contributed by atoms with E-state index >= 15 is 0 Å². The average Bonchev–Trinajstić information content (AvgIpc) is 2.72. The molecule has 0 aliphatic heterocycles. The lowest BCUT2D eigenvalue weighted by atomic mass is 10.3. The number of esters is 1. The Labute approximate surface area is 109 Å². The lowest BCUT2D eigenvalue weighted by molar-refractivity contribution is -0.177. The molecule has 5 nitrogen and oxygen atoms in total. The van der Waals surface area contributed by atoms with Crippen molar-refractivity contribution in [1.82, 2.24) is 4.98 Å². The number of hydrogen-bond donors (Lipinski definition) is 0. The molecule has 1 heterocycles. The Morgan fingerprint density at radius 3 is 2.55 bits per heavy atom. The Hall–Kier alpha value is -1.71. The summed E-state index contributed by atoms with van der Waals surface area (Å²) < 4.78 is 74.0. The van der Waals surface area contributed by atoms with Gasteiger partial charge in [0, 0.05) is 0 Å². The monoisotopic (exact) mass is 303 g/mol. The highest BCUT2D eigenvalue weighted by molar-refractivity contribution is 5.87. The first-order chi connectivity index (χ1) is 9.24. The maximum Gasteiger partial charge on any atom is 0.411 e. The second-order valence-electron chi connectivity index (χ2n) is 3.45. The van der Waals surface area contributed by atoms with Gasteiger partial charge in [-0.2, -0.15) is 13.2 Å². The summed E-state index contributed by atoms with van der Waals surface area (Å²) in [4.78, 5) is 14.5. The quantitative estimate of drug-likeness (QED) is 0.597. The van der Waals surface area contributed by atoms with Crippen LogP contribution >= 0.6 is 0 Å². The molecular weight excluding hydrogens is 293 g/mol. The van der Waals surface area contributed by atoms with Gasteiger partial charge >= 0.3 is 12.1 Å². The third kappa shape index (κ3) is 4.76. The molecule has 10 heteroatoms. The van der Waals surface area contributed by atoms with E-state index in [1.807, 2.05) is 0 Å². The van der Waals surface area contributed by atoms with Gasteiger partial charge in [-0.25, -0.2) is 18.6 Å². The van der Waals surface area contributed by atoms with Crippen LogP contribution in [0.1, 0.15) is 35.5 Å². The van der Waals surface area contributed by atoms with E-state index in [-0.39, 0.29) is 6.61 Å². The van der Waals surface area contributed by atoms with E-state index in [9.17, 15) is 26.7 Å². The molecule has 0 saturated carbocycles. The van der Waals surface area contributed by atoms with E-state index in [4.69, 9.17) is 0 Å². The molecule has 0 bridgehead atoms. The molecule has 1 rings (SSSR count). The number of nitrogens with zero attached hydrogens (tertiary/aromatic N) is 1. The summed E-state index contributed by atoms with van der Waals surface area (Å²) in [6.45, 7) is -1.02. The summed E-state index contributed by atoms with van der Waals surface area (Å²) in [6.07, 6.45) is -7.70. The van der Waals surface area contributed by atoms with Crippen LogP contribution in [0.5, 0.6) is 0 Å². The van der Waals surface area contributed by atoms with Crippen LogP contribution in [0.25, 0.3) is 0 Å². The number of aromatic nitrogens is 1. The van der Waals surface area contributed by atoms with Crippen molar-refractivity contribution in [1.29, 1.82) is 0 Å². The molecule has 0 atom stereocenters.